The molecule has 0 saturated heterocycles. The van der Waals surface area contributed by atoms with Gasteiger partial charge in [-0.25, -0.2) is 13.1 Å². The molecule has 0 spiro atoms. The van der Waals surface area contributed by atoms with Crippen molar-refractivity contribution in [3.05, 3.63) is 22.7 Å². The Hall–Kier alpha value is -1.12. The van der Waals surface area contributed by atoms with Crippen LogP contribution in [-0.4, -0.2) is 20.4 Å². The molecule has 1 aromatic carbocycles. The normalized spacial score (nSPS) is 13.2. The van der Waals surface area contributed by atoms with Gasteiger partial charge in [0.2, 0.25) is 15.9 Å². The van der Waals surface area contributed by atoms with Crippen molar-refractivity contribution in [2.24, 2.45) is 5.73 Å². The zero-order valence-corrected chi connectivity index (χ0v) is 12.1. The van der Waals surface area contributed by atoms with Crippen LogP contribution in [0.5, 0.6) is 0 Å². The maximum Gasteiger partial charge on any atom is 0.242 e. The second kappa shape index (κ2) is 5.68. The largest absolute Gasteiger partial charge is 0.398 e. The Morgan fingerprint density at radius 3 is 2.61 bits per heavy atom. The summed E-state index contributed by atoms with van der Waals surface area (Å²) < 4.78 is 27.0. The second-order valence-electron chi connectivity index (χ2n) is 3.87. The van der Waals surface area contributed by atoms with Crippen molar-refractivity contribution in [2.45, 2.75) is 24.3 Å². The van der Waals surface area contributed by atoms with E-state index in [9.17, 15) is 13.2 Å². The number of carbonyl (C=O) groups excluding carboxylic acids is 1. The molecular formula is C10H14BrN3O3S. The lowest BCUT2D eigenvalue weighted by molar-refractivity contribution is -0.118. The molecule has 0 saturated carbocycles. The first-order valence-corrected chi connectivity index (χ1v) is 7.35. The van der Waals surface area contributed by atoms with Crippen LogP contribution in [-0.2, 0) is 14.8 Å². The van der Waals surface area contributed by atoms with E-state index in [2.05, 4.69) is 20.7 Å². The molecule has 0 aliphatic heterocycles. The first-order chi connectivity index (χ1) is 8.22. The molecule has 18 heavy (non-hydrogen) atoms. The highest BCUT2D eigenvalue weighted by Gasteiger charge is 2.20. The van der Waals surface area contributed by atoms with Crippen molar-refractivity contribution in [3.8, 4) is 0 Å². The average Bonchev–Trinajstić information content (AvgIpc) is 2.13. The van der Waals surface area contributed by atoms with Crippen LogP contribution < -0.4 is 16.2 Å². The molecule has 1 amide bonds. The topological polar surface area (TPSA) is 115 Å². The number of primary amides is 1. The number of anilines is 1. The maximum atomic E-state index is 12.0. The number of nitrogens with two attached hydrogens (primary N) is 2. The summed E-state index contributed by atoms with van der Waals surface area (Å²) >= 11 is 3.19. The van der Waals surface area contributed by atoms with Gasteiger partial charge in [-0.1, -0.05) is 15.9 Å². The van der Waals surface area contributed by atoms with Gasteiger partial charge in [0.05, 0.1) is 5.69 Å². The summed E-state index contributed by atoms with van der Waals surface area (Å²) in [7, 11) is -3.76. The Morgan fingerprint density at radius 2 is 2.11 bits per heavy atom. The minimum atomic E-state index is -3.76. The number of benzene rings is 1. The van der Waals surface area contributed by atoms with Crippen LogP contribution in [0.3, 0.4) is 0 Å². The monoisotopic (exact) mass is 335 g/mol. The molecule has 0 bridgehead atoms. The molecule has 0 heterocycles. The summed E-state index contributed by atoms with van der Waals surface area (Å²) in [5.41, 5.74) is 10.8. The summed E-state index contributed by atoms with van der Waals surface area (Å²) in [6.45, 7) is 1.55. The highest BCUT2D eigenvalue weighted by molar-refractivity contribution is 9.10. The van der Waals surface area contributed by atoms with Crippen molar-refractivity contribution < 1.29 is 13.2 Å². The van der Waals surface area contributed by atoms with Crippen LogP contribution in [0.15, 0.2) is 27.6 Å². The number of nitrogens with one attached hydrogen (secondary N) is 1. The summed E-state index contributed by atoms with van der Waals surface area (Å²) in [6, 6.07) is 3.87. The number of hydrogen-bond acceptors (Lipinski definition) is 4. The lowest BCUT2D eigenvalue weighted by Gasteiger charge is -2.14. The standard InChI is InChI=1S/C10H14BrN3O3S/c1-6(4-10(13)15)14-18(16,17)9-3-2-7(11)5-8(9)12/h2-3,5-6,14H,4,12H2,1H3,(H2,13,15). The van der Waals surface area contributed by atoms with E-state index in [0.717, 1.165) is 0 Å². The predicted molar refractivity (Wildman–Crippen MR) is 72.1 cm³/mol. The van der Waals surface area contributed by atoms with E-state index in [-0.39, 0.29) is 17.0 Å². The third-order valence-electron chi connectivity index (χ3n) is 2.13. The lowest BCUT2D eigenvalue weighted by Crippen LogP contribution is -2.36. The Labute approximate surface area is 114 Å². The molecule has 100 valence electrons. The van der Waals surface area contributed by atoms with Crippen molar-refractivity contribution in [3.63, 3.8) is 0 Å². The zero-order valence-electron chi connectivity index (χ0n) is 9.68. The van der Waals surface area contributed by atoms with Gasteiger partial charge in [0.1, 0.15) is 4.90 Å². The van der Waals surface area contributed by atoms with Gasteiger partial charge in [-0.3, -0.25) is 4.79 Å². The van der Waals surface area contributed by atoms with Gasteiger partial charge in [-0.05, 0) is 25.1 Å². The van der Waals surface area contributed by atoms with E-state index in [1.54, 1.807) is 13.0 Å². The van der Waals surface area contributed by atoms with E-state index in [1.165, 1.54) is 12.1 Å². The van der Waals surface area contributed by atoms with Crippen molar-refractivity contribution in [2.75, 3.05) is 5.73 Å². The van der Waals surface area contributed by atoms with Gasteiger partial charge >= 0.3 is 0 Å². The molecule has 1 aromatic rings. The number of nitrogen functional groups attached to an aromatic ring is 1. The van der Waals surface area contributed by atoms with E-state index in [0.29, 0.717) is 4.47 Å². The minimum absolute atomic E-state index is 0.0259. The summed E-state index contributed by atoms with van der Waals surface area (Å²) in [5.74, 6) is -0.575. The Bertz CT molecular complexity index is 559. The molecule has 5 N–H and O–H groups in total. The highest BCUT2D eigenvalue weighted by Crippen LogP contribution is 2.22. The molecule has 0 aliphatic carbocycles. The number of hydrogen-bond donors (Lipinski definition) is 3. The smallest absolute Gasteiger partial charge is 0.242 e. The molecule has 1 unspecified atom stereocenters. The van der Waals surface area contributed by atoms with Gasteiger partial charge < -0.3 is 11.5 Å². The zero-order chi connectivity index (χ0) is 13.9. The molecule has 1 rings (SSSR count). The number of sulfonamides is 1. The summed E-state index contributed by atoms with van der Waals surface area (Å²) in [5, 5.41) is 0. The van der Waals surface area contributed by atoms with Crippen molar-refractivity contribution >= 4 is 37.5 Å². The number of carbonyl (C=O) groups is 1. The van der Waals surface area contributed by atoms with Gasteiger partial charge in [0.25, 0.3) is 0 Å². The Morgan fingerprint density at radius 1 is 1.50 bits per heavy atom. The molecule has 0 radical (unpaired) electrons. The fraction of sp³-hybridized carbons (Fsp3) is 0.300. The number of rotatable bonds is 5. The van der Waals surface area contributed by atoms with Crippen LogP contribution in [0.4, 0.5) is 5.69 Å². The summed E-state index contributed by atoms with van der Waals surface area (Å²) in [4.78, 5) is 10.7. The third kappa shape index (κ3) is 3.97. The van der Waals surface area contributed by atoms with Gasteiger partial charge in [-0.15, -0.1) is 0 Å². The second-order valence-corrected chi connectivity index (χ2v) is 6.47. The van der Waals surface area contributed by atoms with Crippen LogP contribution in [0.25, 0.3) is 0 Å². The van der Waals surface area contributed by atoms with Crippen molar-refractivity contribution in [1.29, 1.82) is 0 Å². The minimum Gasteiger partial charge on any atom is -0.398 e. The van der Waals surface area contributed by atoms with Crippen LogP contribution in [0, 0.1) is 0 Å². The van der Waals surface area contributed by atoms with Crippen LogP contribution in [0.1, 0.15) is 13.3 Å². The van der Waals surface area contributed by atoms with E-state index < -0.39 is 22.0 Å². The molecule has 1 atom stereocenters. The molecule has 8 heteroatoms. The highest BCUT2D eigenvalue weighted by atomic mass is 79.9. The molecular weight excluding hydrogens is 322 g/mol. The SMILES string of the molecule is CC(CC(N)=O)NS(=O)(=O)c1ccc(Br)cc1N. The fourth-order valence-electron chi connectivity index (χ4n) is 1.44. The first kappa shape index (κ1) is 14.9. The number of amides is 1. The molecule has 0 aliphatic rings. The number of halogens is 1. The first-order valence-electron chi connectivity index (χ1n) is 5.08. The third-order valence-corrected chi connectivity index (χ3v) is 4.28. The Kier molecular flexibility index (Phi) is 4.71. The van der Waals surface area contributed by atoms with Gasteiger partial charge in [0, 0.05) is 16.9 Å². The van der Waals surface area contributed by atoms with Crippen LogP contribution >= 0.6 is 15.9 Å². The summed E-state index contributed by atoms with van der Waals surface area (Å²) in [6.07, 6.45) is -0.0737. The quantitative estimate of drug-likeness (QED) is 0.682. The average molecular weight is 336 g/mol. The maximum absolute atomic E-state index is 12.0. The van der Waals surface area contributed by atoms with E-state index >= 15 is 0 Å². The van der Waals surface area contributed by atoms with Crippen LogP contribution in [0.2, 0.25) is 0 Å². The fourth-order valence-corrected chi connectivity index (χ4v) is 3.17. The molecule has 6 nitrogen and oxygen atoms in total. The van der Waals surface area contributed by atoms with E-state index in [1.807, 2.05) is 0 Å². The van der Waals surface area contributed by atoms with E-state index in [4.69, 9.17) is 11.5 Å². The lowest BCUT2D eigenvalue weighted by atomic mass is 10.2. The molecule has 0 fully saturated rings. The molecule has 0 aromatic heterocycles. The van der Waals surface area contributed by atoms with Gasteiger partial charge in [0.15, 0.2) is 0 Å². The van der Waals surface area contributed by atoms with Gasteiger partial charge in [-0.2, -0.15) is 0 Å². The Balaban J connectivity index is 2.96. The predicted octanol–water partition coefficient (Wildman–Crippen LogP) is 0.574. The van der Waals surface area contributed by atoms with Crippen molar-refractivity contribution in [1.82, 2.24) is 4.72 Å².